The van der Waals surface area contributed by atoms with Crippen molar-refractivity contribution in [2.24, 2.45) is 5.16 Å². The van der Waals surface area contributed by atoms with E-state index in [4.69, 9.17) is 10.6 Å². The van der Waals surface area contributed by atoms with E-state index in [1.54, 1.807) is 11.5 Å². The van der Waals surface area contributed by atoms with E-state index in [2.05, 4.69) is 37.6 Å². The molecular formula is C24H23N9O5S3. The Labute approximate surface area is 245 Å². The van der Waals surface area contributed by atoms with Crippen molar-refractivity contribution in [1.82, 2.24) is 35.4 Å². The number of β-lactam (4-membered cyclic amide) rings is 1. The summed E-state index contributed by atoms with van der Waals surface area (Å²) in [6.45, 7) is 4.18. The Kier molecular flexibility index (Phi) is 8.65. The summed E-state index contributed by atoms with van der Waals surface area (Å²) in [6, 6.07) is 8.30. The maximum Gasteiger partial charge on any atom is 0.352 e. The van der Waals surface area contributed by atoms with Crippen molar-refractivity contribution in [3.05, 3.63) is 70.9 Å². The molecule has 2 aliphatic rings. The number of allylic oxidation sites excluding steroid dienone is 1. The number of rotatable bonds is 12. The smallest absolute Gasteiger partial charge is 0.352 e. The predicted molar refractivity (Wildman–Crippen MR) is 153 cm³/mol. The molecule has 17 heteroatoms. The number of nitrogens with two attached hydrogens (primary N) is 1. The van der Waals surface area contributed by atoms with Crippen LogP contribution in [0.4, 0.5) is 5.13 Å². The Morgan fingerprint density at radius 2 is 2.15 bits per heavy atom. The Morgan fingerprint density at radius 3 is 2.85 bits per heavy atom. The average Bonchev–Trinajstić information content (AvgIpc) is 3.61. The minimum atomic E-state index is -1.23. The third kappa shape index (κ3) is 6.10. The van der Waals surface area contributed by atoms with Crippen LogP contribution in [0.1, 0.15) is 11.3 Å². The van der Waals surface area contributed by atoms with Gasteiger partial charge in [-0.15, -0.1) is 34.8 Å². The van der Waals surface area contributed by atoms with Crippen molar-refractivity contribution >= 4 is 63.5 Å². The van der Waals surface area contributed by atoms with Gasteiger partial charge in [-0.25, -0.2) is 14.5 Å². The quantitative estimate of drug-likeness (QED) is 0.0875. The molecule has 4 heterocycles. The zero-order valence-corrected chi connectivity index (χ0v) is 23.7. The first-order valence-electron chi connectivity index (χ1n) is 12.0. The number of thioether (sulfide) groups is 2. The SMILES string of the molecule is C=CCn1nnnc1SCC1=C(C(=O)O)N2C(=O)C(NC(=O)C(=NOCc3ccccc3)c3csc(N)n3)[C@H]2SC1. The average molecular weight is 614 g/mol. The van der Waals surface area contributed by atoms with E-state index in [0.717, 1.165) is 16.9 Å². The Bertz CT molecular complexity index is 1540. The molecule has 0 radical (unpaired) electrons. The van der Waals surface area contributed by atoms with Gasteiger partial charge in [0.1, 0.15) is 29.4 Å². The molecule has 41 heavy (non-hydrogen) atoms. The number of anilines is 1. The largest absolute Gasteiger partial charge is 0.477 e. The summed E-state index contributed by atoms with van der Waals surface area (Å²) in [4.78, 5) is 49.4. The Hall–Kier alpha value is -4.22. The van der Waals surface area contributed by atoms with Crippen molar-refractivity contribution in [3.63, 3.8) is 0 Å². The van der Waals surface area contributed by atoms with Crippen LogP contribution in [0.15, 0.2) is 69.9 Å². The number of carboxylic acid groups (broad SMARTS) is 1. The van der Waals surface area contributed by atoms with E-state index in [9.17, 15) is 19.5 Å². The van der Waals surface area contributed by atoms with Gasteiger partial charge in [0.05, 0.1) is 6.54 Å². The maximum absolute atomic E-state index is 13.3. The number of oxime groups is 1. The monoisotopic (exact) mass is 613 g/mol. The first-order chi connectivity index (χ1) is 19.9. The highest BCUT2D eigenvalue weighted by Gasteiger charge is 2.54. The van der Waals surface area contributed by atoms with Crippen LogP contribution in [0.2, 0.25) is 0 Å². The molecule has 2 aromatic heterocycles. The molecule has 0 aliphatic carbocycles. The molecule has 3 aromatic rings. The van der Waals surface area contributed by atoms with Crippen molar-refractivity contribution in [2.75, 3.05) is 17.2 Å². The molecule has 0 spiro atoms. The second-order valence-electron chi connectivity index (χ2n) is 8.61. The number of hydrogen-bond donors (Lipinski definition) is 3. The molecule has 1 aromatic carbocycles. The van der Waals surface area contributed by atoms with E-state index < -0.39 is 29.2 Å². The fourth-order valence-corrected chi connectivity index (χ4v) is 6.96. The van der Waals surface area contributed by atoms with Gasteiger partial charge in [0.15, 0.2) is 10.8 Å². The van der Waals surface area contributed by atoms with Crippen LogP contribution >= 0.6 is 34.9 Å². The zero-order valence-electron chi connectivity index (χ0n) is 21.2. The van der Waals surface area contributed by atoms with E-state index in [1.807, 2.05) is 30.3 Å². The number of aliphatic carboxylic acids is 1. The minimum absolute atomic E-state index is 0.105. The van der Waals surface area contributed by atoms with Gasteiger partial charge in [-0.05, 0) is 21.6 Å². The molecule has 2 atom stereocenters. The minimum Gasteiger partial charge on any atom is -0.477 e. The highest BCUT2D eigenvalue weighted by molar-refractivity contribution is 8.01. The number of carbonyl (C=O) groups is 3. The Morgan fingerprint density at radius 1 is 1.34 bits per heavy atom. The number of benzene rings is 1. The van der Waals surface area contributed by atoms with Crippen LogP contribution in [0.5, 0.6) is 0 Å². The lowest BCUT2D eigenvalue weighted by molar-refractivity contribution is -0.150. The summed E-state index contributed by atoms with van der Waals surface area (Å²) in [7, 11) is 0. The van der Waals surface area contributed by atoms with Crippen LogP contribution in [0, 0.1) is 0 Å². The summed E-state index contributed by atoms with van der Waals surface area (Å²) in [6.07, 6.45) is 1.64. The fraction of sp³-hybridized carbons (Fsp3) is 0.250. The predicted octanol–water partition coefficient (Wildman–Crippen LogP) is 1.35. The number of amides is 2. The number of nitrogen functional groups attached to an aromatic ring is 1. The number of thiazole rings is 1. The molecule has 1 unspecified atom stereocenters. The molecule has 2 aliphatic heterocycles. The van der Waals surface area contributed by atoms with Gasteiger partial charge in [0, 0.05) is 16.9 Å². The topological polar surface area (TPSA) is 191 Å². The van der Waals surface area contributed by atoms with Crippen molar-refractivity contribution in [1.29, 1.82) is 0 Å². The van der Waals surface area contributed by atoms with Gasteiger partial charge >= 0.3 is 5.97 Å². The number of nitrogens with one attached hydrogen (secondary N) is 1. The van der Waals surface area contributed by atoms with E-state index >= 15 is 0 Å². The zero-order chi connectivity index (χ0) is 28.9. The van der Waals surface area contributed by atoms with Crippen molar-refractivity contribution in [2.45, 2.75) is 29.7 Å². The highest BCUT2D eigenvalue weighted by Crippen LogP contribution is 2.41. The van der Waals surface area contributed by atoms with Gasteiger partial charge in [-0.1, -0.05) is 53.3 Å². The van der Waals surface area contributed by atoms with E-state index in [1.165, 1.54) is 33.1 Å². The van der Waals surface area contributed by atoms with Gasteiger partial charge in [-0.2, -0.15) is 0 Å². The number of tetrazole rings is 1. The molecule has 2 amide bonds. The maximum atomic E-state index is 13.3. The van der Waals surface area contributed by atoms with Crippen LogP contribution < -0.4 is 11.1 Å². The second kappa shape index (κ2) is 12.5. The van der Waals surface area contributed by atoms with Crippen LogP contribution in [0.25, 0.3) is 0 Å². The standard InChI is InChI=1S/C24H23N9O5S3/c1-2-8-32-24(28-30-31-32)41-11-14-10-39-21-17(20(35)33(21)18(14)22(36)37)27-19(34)16(15-12-40-23(25)26-15)29-38-9-13-6-4-3-5-7-13/h2-7,12,17,21H,1,8-11H2,(H2,25,26)(H,27,34)(H,36,37)/t17?,21-/m1/s1. The molecule has 0 saturated carbocycles. The van der Waals surface area contributed by atoms with Gasteiger partial charge < -0.3 is 21.0 Å². The van der Waals surface area contributed by atoms with Crippen molar-refractivity contribution in [3.8, 4) is 0 Å². The van der Waals surface area contributed by atoms with Gasteiger partial charge in [0.2, 0.25) is 5.16 Å². The highest BCUT2D eigenvalue weighted by atomic mass is 32.2. The molecule has 212 valence electrons. The van der Waals surface area contributed by atoms with E-state index in [-0.39, 0.29) is 34.6 Å². The lowest BCUT2D eigenvalue weighted by atomic mass is 10.0. The number of carboxylic acids is 1. The van der Waals surface area contributed by atoms with Gasteiger partial charge in [0.25, 0.3) is 11.8 Å². The first kappa shape index (κ1) is 28.3. The molecule has 4 N–H and O–H groups in total. The lowest BCUT2D eigenvalue weighted by Gasteiger charge is -2.49. The Balaban J connectivity index is 1.29. The molecule has 1 saturated heterocycles. The number of aromatic nitrogens is 5. The number of hydrogen-bond acceptors (Lipinski definition) is 13. The molecule has 1 fully saturated rings. The first-order valence-corrected chi connectivity index (χ1v) is 14.9. The summed E-state index contributed by atoms with van der Waals surface area (Å²) in [5.74, 6) is -1.88. The number of carbonyl (C=O) groups excluding carboxylic acids is 2. The summed E-state index contributed by atoms with van der Waals surface area (Å²) < 4.78 is 1.54. The number of nitrogens with zero attached hydrogens (tertiary/aromatic N) is 7. The third-order valence-electron chi connectivity index (χ3n) is 5.92. The summed E-state index contributed by atoms with van der Waals surface area (Å²) in [5, 5.41) is 29.8. The van der Waals surface area contributed by atoms with Crippen molar-refractivity contribution < 1.29 is 24.3 Å². The van der Waals surface area contributed by atoms with Crippen LogP contribution in [-0.4, -0.2) is 81.6 Å². The van der Waals surface area contributed by atoms with E-state index in [0.29, 0.717) is 23.0 Å². The summed E-state index contributed by atoms with van der Waals surface area (Å²) in [5.41, 5.74) is 7.09. The molecular weight excluding hydrogens is 591 g/mol. The summed E-state index contributed by atoms with van der Waals surface area (Å²) >= 11 is 3.74. The number of fused-ring (bicyclic) bond motifs is 1. The molecule has 0 bridgehead atoms. The van der Waals surface area contributed by atoms with Crippen LogP contribution in [-0.2, 0) is 32.4 Å². The second-order valence-corrected chi connectivity index (χ2v) is 11.5. The third-order valence-corrected chi connectivity index (χ3v) is 8.98. The van der Waals surface area contributed by atoms with Gasteiger partial charge in [-0.3, -0.25) is 14.5 Å². The normalized spacial score (nSPS) is 18.5. The lowest BCUT2D eigenvalue weighted by Crippen LogP contribution is -2.71. The molecule has 14 nitrogen and oxygen atoms in total. The van der Waals surface area contributed by atoms with Crippen LogP contribution in [0.3, 0.4) is 0 Å². The fourth-order valence-electron chi connectivity index (χ4n) is 4.04. The molecule has 5 rings (SSSR count).